The van der Waals surface area contributed by atoms with Crippen LogP contribution in [0, 0.1) is 5.92 Å². The van der Waals surface area contributed by atoms with Crippen LogP contribution in [0.4, 0.5) is 0 Å². The molecule has 1 unspecified atom stereocenters. The Kier molecular flexibility index (Phi) is 3.34. The van der Waals surface area contributed by atoms with E-state index in [2.05, 4.69) is 25.7 Å². The van der Waals surface area contributed by atoms with Gasteiger partial charge < -0.3 is 4.74 Å². The zero-order valence-electron chi connectivity index (χ0n) is 7.84. The third-order valence-corrected chi connectivity index (χ3v) is 2.59. The van der Waals surface area contributed by atoms with Crippen LogP contribution >= 0.6 is 0 Å². The molecular weight excluding hydrogens is 138 g/mol. The normalized spacial score (nSPS) is 24.0. The molecule has 0 amide bonds. The Morgan fingerprint density at radius 2 is 1.64 bits per heavy atom. The molecule has 2 heteroatoms. The fourth-order valence-electron chi connectivity index (χ4n) is 1.41. The van der Waals surface area contributed by atoms with Gasteiger partial charge in [-0.25, -0.2) is 0 Å². The predicted molar refractivity (Wildman–Crippen MR) is 46.7 cm³/mol. The Bertz CT molecular complexity index is 108. The summed E-state index contributed by atoms with van der Waals surface area (Å²) in [5.74, 6) is 0.757. The Hall–Kier alpha value is -0.0800. The summed E-state index contributed by atoms with van der Waals surface area (Å²) < 4.78 is 5.29. The molecule has 66 valence electrons. The molecule has 0 saturated carbocycles. The maximum absolute atomic E-state index is 5.29. The van der Waals surface area contributed by atoms with Crippen molar-refractivity contribution in [2.45, 2.75) is 26.8 Å². The summed E-state index contributed by atoms with van der Waals surface area (Å²) in [5.41, 5.74) is 0. The van der Waals surface area contributed by atoms with Crippen LogP contribution in [0.2, 0.25) is 0 Å². The molecule has 1 saturated heterocycles. The molecular formula is C9H19NO. The minimum absolute atomic E-state index is 0.707. The van der Waals surface area contributed by atoms with Crippen LogP contribution in [0.5, 0.6) is 0 Å². The van der Waals surface area contributed by atoms with Crippen LogP contribution in [-0.2, 0) is 4.74 Å². The van der Waals surface area contributed by atoms with Crippen molar-refractivity contribution in [3.05, 3.63) is 0 Å². The van der Waals surface area contributed by atoms with Crippen LogP contribution < -0.4 is 0 Å². The molecule has 0 aliphatic carbocycles. The van der Waals surface area contributed by atoms with E-state index in [1.165, 1.54) is 0 Å². The van der Waals surface area contributed by atoms with Crippen LogP contribution in [0.1, 0.15) is 20.8 Å². The fraction of sp³-hybridized carbons (Fsp3) is 1.00. The SMILES string of the molecule is CC(C)C(C)N1CCOCC1. The number of morpholine rings is 1. The molecule has 1 fully saturated rings. The van der Waals surface area contributed by atoms with Crippen molar-refractivity contribution in [2.75, 3.05) is 26.3 Å². The zero-order chi connectivity index (χ0) is 8.27. The average molecular weight is 157 g/mol. The summed E-state index contributed by atoms with van der Waals surface area (Å²) in [6.07, 6.45) is 0. The van der Waals surface area contributed by atoms with Gasteiger partial charge in [-0.05, 0) is 12.8 Å². The van der Waals surface area contributed by atoms with Crippen LogP contribution in [0.25, 0.3) is 0 Å². The molecule has 1 aliphatic rings. The van der Waals surface area contributed by atoms with Gasteiger partial charge in [-0.2, -0.15) is 0 Å². The average Bonchev–Trinajstić information content (AvgIpc) is 2.05. The first-order valence-corrected chi connectivity index (χ1v) is 4.53. The van der Waals surface area contributed by atoms with Crippen molar-refractivity contribution in [2.24, 2.45) is 5.92 Å². The minimum atomic E-state index is 0.707. The first-order valence-electron chi connectivity index (χ1n) is 4.53. The van der Waals surface area contributed by atoms with Crippen molar-refractivity contribution in [3.8, 4) is 0 Å². The van der Waals surface area contributed by atoms with Gasteiger partial charge in [0, 0.05) is 19.1 Å². The maximum Gasteiger partial charge on any atom is 0.0594 e. The topological polar surface area (TPSA) is 12.5 Å². The molecule has 0 aromatic rings. The van der Waals surface area contributed by atoms with E-state index in [4.69, 9.17) is 4.74 Å². The van der Waals surface area contributed by atoms with Crippen molar-refractivity contribution in [3.63, 3.8) is 0 Å². The molecule has 1 atom stereocenters. The highest BCUT2D eigenvalue weighted by Gasteiger charge is 2.18. The van der Waals surface area contributed by atoms with Gasteiger partial charge in [0.05, 0.1) is 13.2 Å². The highest BCUT2D eigenvalue weighted by Crippen LogP contribution is 2.11. The summed E-state index contributed by atoms with van der Waals surface area (Å²) in [4.78, 5) is 2.51. The van der Waals surface area contributed by atoms with Gasteiger partial charge in [0.25, 0.3) is 0 Å². The monoisotopic (exact) mass is 157 g/mol. The number of hydrogen-bond donors (Lipinski definition) is 0. The van der Waals surface area contributed by atoms with Gasteiger partial charge >= 0.3 is 0 Å². The summed E-state index contributed by atoms with van der Waals surface area (Å²) in [6.45, 7) is 10.9. The molecule has 0 aromatic carbocycles. The highest BCUT2D eigenvalue weighted by molar-refractivity contribution is 4.71. The summed E-state index contributed by atoms with van der Waals surface area (Å²) in [7, 11) is 0. The predicted octanol–water partition coefficient (Wildman–Crippen LogP) is 1.36. The minimum Gasteiger partial charge on any atom is -0.379 e. The van der Waals surface area contributed by atoms with Crippen LogP contribution in [-0.4, -0.2) is 37.2 Å². The third-order valence-electron chi connectivity index (χ3n) is 2.59. The summed E-state index contributed by atoms with van der Waals surface area (Å²) >= 11 is 0. The maximum atomic E-state index is 5.29. The third kappa shape index (κ3) is 2.46. The van der Waals surface area contributed by atoms with E-state index >= 15 is 0 Å². The lowest BCUT2D eigenvalue weighted by atomic mass is 10.0. The molecule has 11 heavy (non-hydrogen) atoms. The first kappa shape index (κ1) is 9.01. The number of nitrogens with zero attached hydrogens (tertiary/aromatic N) is 1. The second-order valence-electron chi connectivity index (χ2n) is 3.63. The second kappa shape index (κ2) is 4.07. The zero-order valence-corrected chi connectivity index (χ0v) is 7.84. The van der Waals surface area contributed by atoms with E-state index in [9.17, 15) is 0 Å². The molecule has 0 aromatic heterocycles. The number of ether oxygens (including phenoxy) is 1. The highest BCUT2D eigenvalue weighted by atomic mass is 16.5. The lowest BCUT2D eigenvalue weighted by molar-refractivity contribution is 0.0109. The van der Waals surface area contributed by atoms with Crippen molar-refractivity contribution in [1.82, 2.24) is 4.90 Å². The summed E-state index contributed by atoms with van der Waals surface area (Å²) in [5, 5.41) is 0. The Labute approximate surface area is 69.5 Å². The van der Waals surface area contributed by atoms with E-state index in [1.807, 2.05) is 0 Å². The molecule has 1 aliphatic heterocycles. The molecule has 0 spiro atoms. The largest absolute Gasteiger partial charge is 0.379 e. The molecule has 0 N–H and O–H groups in total. The van der Waals surface area contributed by atoms with E-state index in [0.717, 1.165) is 32.2 Å². The van der Waals surface area contributed by atoms with E-state index < -0.39 is 0 Å². The lowest BCUT2D eigenvalue weighted by Gasteiger charge is -2.34. The van der Waals surface area contributed by atoms with Crippen molar-refractivity contribution < 1.29 is 4.74 Å². The molecule has 0 radical (unpaired) electrons. The van der Waals surface area contributed by atoms with E-state index in [1.54, 1.807) is 0 Å². The fourth-order valence-corrected chi connectivity index (χ4v) is 1.41. The summed E-state index contributed by atoms with van der Waals surface area (Å²) in [6, 6.07) is 0.707. The van der Waals surface area contributed by atoms with Crippen LogP contribution in [0.15, 0.2) is 0 Å². The van der Waals surface area contributed by atoms with Crippen LogP contribution in [0.3, 0.4) is 0 Å². The first-order chi connectivity index (χ1) is 5.22. The molecule has 1 rings (SSSR count). The van der Waals surface area contributed by atoms with Gasteiger partial charge in [-0.15, -0.1) is 0 Å². The van der Waals surface area contributed by atoms with Gasteiger partial charge in [-0.3, -0.25) is 4.90 Å². The Morgan fingerprint density at radius 1 is 1.09 bits per heavy atom. The quantitative estimate of drug-likeness (QED) is 0.600. The van der Waals surface area contributed by atoms with Gasteiger partial charge in [0.2, 0.25) is 0 Å². The van der Waals surface area contributed by atoms with Gasteiger partial charge in [0.1, 0.15) is 0 Å². The Balaban J connectivity index is 2.32. The second-order valence-corrected chi connectivity index (χ2v) is 3.63. The smallest absolute Gasteiger partial charge is 0.0594 e. The van der Waals surface area contributed by atoms with Crippen molar-refractivity contribution >= 4 is 0 Å². The molecule has 2 nitrogen and oxygen atoms in total. The molecule has 1 heterocycles. The van der Waals surface area contributed by atoms with Gasteiger partial charge in [0.15, 0.2) is 0 Å². The number of hydrogen-bond acceptors (Lipinski definition) is 2. The Morgan fingerprint density at radius 3 is 2.09 bits per heavy atom. The van der Waals surface area contributed by atoms with Crippen molar-refractivity contribution in [1.29, 1.82) is 0 Å². The van der Waals surface area contributed by atoms with E-state index in [0.29, 0.717) is 6.04 Å². The standard InChI is InChI=1S/C9H19NO/c1-8(2)9(3)10-4-6-11-7-5-10/h8-9H,4-7H2,1-3H3. The van der Waals surface area contributed by atoms with E-state index in [-0.39, 0.29) is 0 Å². The van der Waals surface area contributed by atoms with Gasteiger partial charge in [-0.1, -0.05) is 13.8 Å². The number of rotatable bonds is 2. The lowest BCUT2D eigenvalue weighted by Crippen LogP contribution is -2.44. The molecule has 0 bridgehead atoms.